The van der Waals surface area contributed by atoms with E-state index in [4.69, 9.17) is 0 Å². The third-order valence-electron chi connectivity index (χ3n) is 3.81. The molecule has 0 aliphatic heterocycles. The zero-order valence-corrected chi connectivity index (χ0v) is 14.6. The van der Waals surface area contributed by atoms with Gasteiger partial charge in [0, 0.05) is 4.88 Å². The van der Waals surface area contributed by atoms with Crippen LogP contribution in [0.2, 0.25) is 0 Å². The third kappa shape index (κ3) is 3.97. The molecule has 0 fully saturated rings. The number of hydrogen-bond donors (Lipinski definition) is 2. The average molecular weight is 349 g/mol. The van der Waals surface area contributed by atoms with Gasteiger partial charge in [-0.05, 0) is 44.1 Å². The highest BCUT2D eigenvalue weighted by atomic mass is 32.1. The van der Waals surface area contributed by atoms with E-state index in [1.54, 1.807) is 24.3 Å². The minimum absolute atomic E-state index is 0.224. The number of carbonyl (C=O) groups excluding carboxylic acids is 2. The van der Waals surface area contributed by atoms with Gasteiger partial charge in [0.05, 0.1) is 10.6 Å². The minimum Gasteiger partial charge on any atom is -0.340 e. The lowest BCUT2D eigenvalue weighted by Crippen LogP contribution is -2.41. The van der Waals surface area contributed by atoms with Crippen molar-refractivity contribution in [2.45, 2.75) is 45.1 Å². The van der Waals surface area contributed by atoms with Crippen LogP contribution in [0.15, 0.2) is 17.5 Å². The number of amides is 2. The molecule has 3 rings (SSSR count). The van der Waals surface area contributed by atoms with E-state index in [-0.39, 0.29) is 11.8 Å². The van der Waals surface area contributed by atoms with Gasteiger partial charge in [-0.2, -0.15) is 0 Å². The molecule has 122 valence electrons. The van der Waals surface area contributed by atoms with Crippen LogP contribution in [0.5, 0.6) is 0 Å². The Balaban J connectivity index is 1.59. The van der Waals surface area contributed by atoms with Crippen LogP contribution in [-0.4, -0.2) is 22.8 Å². The molecule has 5 nitrogen and oxygen atoms in total. The lowest BCUT2D eigenvalue weighted by atomic mass is 10.2. The highest BCUT2D eigenvalue weighted by molar-refractivity contribution is 7.15. The monoisotopic (exact) mass is 349 g/mol. The maximum absolute atomic E-state index is 12.2. The number of aromatic nitrogens is 1. The number of thiazole rings is 1. The Kier molecular flexibility index (Phi) is 5.07. The first-order valence-electron chi connectivity index (χ1n) is 7.77. The number of rotatable bonds is 4. The van der Waals surface area contributed by atoms with E-state index in [0.29, 0.717) is 10.0 Å². The van der Waals surface area contributed by atoms with Gasteiger partial charge in [-0.3, -0.25) is 9.59 Å². The number of nitrogens with one attached hydrogen (secondary N) is 2. The molecule has 23 heavy (non-hydrogen) atoms. The van der Waals surface area contributed by atoms with Gasteiger partial charge in [-0.1, -0.05) is 12.5 Å². The fourth-order valence-electron chi connectivity index (χ4n) is 2.54. The Morgan fingerprint density at radius 2 is 2.09 bits per heavy atom. The van der Waals surface area contributed by atoms with Crippen molar-refractivity contribution in [1.29, 1.82) is 0 Å². The van der Waals surface area contributed by atoms with Crippen LogP contribution in [-0.2, 0) is 17.6 Å². The van der Waals surface area contributed by atoms with Gasteiger partial charge < -0.3 is 10.6 Å². The molecule has 0 spiro atoms. The van der Waals surface area contributed by atoms with Crippen molar-refractivity contribution in [3.05, 3.63) is 33.0 Å². The van der Waals surface area contributed by atoms with Gasteiger partial charge in [-0.15, -0.1) is 22.7 Å². The number of aryl methyl sites for hydroxylation is 2. The Hall–Kier alpha value is -1.73. The van der Waals surface area contributed by atoms with Gasteiger partial charge >= 0.3 is 0 Å². The molecular weight excluding hydrogens is 330 g/mol. The summed E-state index contributed by atoms with van der Waals surface area (Å²) >= 11 is 2.91. The van der Waals surface area contributed by atoms with Crippen LogP contribution in [0.4, 0.5) is 5.13 Å². The zero-order valence-electron chi connectivity index (χ0n) is 12.9. The van der Waals surface area contributed by atoms with Crippen LogP contribution in [0.1, 0.15) is 46.4 Å². The van der Waals surface area contributed by atoms with E-state index in [2.05, 4.69) is 15.6 Å². The van der Waals surface area contributed by atoms with Crippen molar-refractivity contribution in [1.82, 2.24) is 10.3 Å². The summed E-state index contributed by atoms with van der Waals surface area (Å²) in [6.07, 6.45) is 5.64. The second-order valence-corrected chi connectivity index (χ2v) is 7.64. The number of thiophene rings is 1. The Labute approximate surface area is 143 Å². The van der Waals surface area contributed by atoms with Crippen LogP contribution < -0.4 is 10.6 Å². The molecule has 2 N–H and O–H groups in total. The molecule has 2 aromatic rings. The van der Waals surface area contributed by atoms with Crippen molar-refractivity contribution in [3.63, 3.8) is 0 Å². The predicted octanol–water partition coefficient (Wildman–Crippen LogP) is 3.23. The Morgan fingerprint density at radius 1 is 1.26 bits per heavy atom. The summed E-state index contributed by atoms with van der Waals surface area (Å²) in [5, 5.41) is 8.01. The summed E-state index contributed by atoms with van der Waals surface area (Å²) < 4.78 is 0. The summed E-state index contributed by atoms with van der Waals surface area (Å²) in [4.78, 5) is 30.6. The van der Waals surface area contributed by atoms with Gasteiger partial charge in [0.25, 0.3) is 5.91 Å². The van der Waals surface area contributed by atoms with E-state index < -0.39 is 6.04 Å². The molecule has 0 aromatic carbocycles. The van der Waals surface area contributed by atoms with E-state index >= 15 is 0 Å². The molecule has 7 heteroatoms. The summed E-state index contributed by atoms with van der Waals surface area (Å²) in [6, 6.07) is 2.95. The number of fused-ring (bicyclic) bond motifs is 1. The average Bonchev–Trinajstić information content (AvgIpc) is 3.13. The van der Waals surface area contributed by atoms with Gasteiger partial charge in [-0.25, -0.2) is 4.98 Å². The van der Waals surface area contributed by atoms with Gasteiger partial charge in [0.2, 0.25) is 5.91 Å². The molecule has 2 amide bonds. The summed E-state index contributed by atoms with van der Waals surface area (Å²) in [6.45, 7) is 1.68. The quantitative estimate of drug-likeness (QED) is 0.833. The van der Waals surface area contributed by atoms with Crippen LogP contribution >= 0.6 is 22.7 Å². The molecule has 2 aromatic heterocycles. The molecule has 0 saturated carbocycles. The van der Waals surface area contributed by atoms with Crippen LogP contribution in [0, 0.1) is 0 Å². The summed E-state index contributed by atoms with van der Waals surface area (Å²) in [5.41, 5.74) is 1.12. The van der Waals surface area contributed by atoms with Crippen molar-refractivity contribution in [3.8, 4) is 0 Å². The molecule has 2 heterocycles. The van der Waals surface area contributed by atoms with E-state index in [1.807, 2.05) is 11.4 Å². The first-order chi connectivity index (χ1) is 11.1. The highest BCUT2D eigenvalue weighted by Crippen LogP contribution is 2.28. The molecular formula is C16H19N3O2S2. The molecule has 1 atom stereocenters. The van der Waals surface area contributed by atoms with E-state index in [0.717, 1.165) is 25.0 Å². The fourth-order valence-corrected chi connectivity index (χ4v) is 4.22. The summed E-state index contributed by atoms with van der Waals surface area (Å²) in [5.74, 6) is -0.462. The van der Waals surface area contributed by atoms with Crippen molar-refractivity contribution >= 4 is 39.6 Å². The Morgan fingerprint density at radius 3 is 2.87 bits per heavy atom. The topological polar surface area (TPSA) is 71.1 Å². The molecule has 0 bridgehead atoms. The molecule has 0 unspecified atom stereocenters. The molecule has 0 radical (unpaired) electrons. The number of nitrogens with zero attached hydrogens (tertiary/aromatic N) is 1. The van der Waals surface area contributed by atoms with Crippen molar-refractivity contribution in [2.24, 2.45) is 0 Å². The second kappa shape index (κ2) is 7.23. The maximum atomic E-state index is 12.2. The standard InChI is InChI=1S/C16H19N3O2S2/c1-10(17-15(21)13-8-5-9-22-13)14(20)19-16-18-11-6-3-2-4-7-12(11)23-16/h5,8-10H,2-4,6-7H2,1H3,(H,17,21)(H,18,19,20)/t10-/m0/s1. The normalized spacial score (nSPS) is 15.3. The summed E-state index contributed by atoms with van der Waals surface area (Å²) in [7, 11) is 0. The Bertz CT molecular complexity index is 671. The lowest BCUT2D eigenvalue weighted by Gasteiger charge is -2.12. The van der Waals surface area contributed by atoms with E-state index in [1.165, 1.54) is 29.1 Å². The second-order valence-electron chi connectivity index (χ2n) is 5.61. The van der Waals surface area contributed by atoms with Crippen molar-refractivity contribution < 1.29 is 9.59 Å². The van der Waals surface area contributed by atoms with Gasteiger partial charge in [0.1, 0.15) is 6.04 Å². The fraction of sp³-hybridized carbons (Fsp3) is 0.438. The first kappa shape index (κ1) is 16.1. The zero-order chi connectivity index (χ0) is 16.2. The van der Waals surface area contributed by atoms with Gasteiger partial charge in [0.15, 0.2) is 5.13 Å². The third-order valence-corrected chi connectivity index (χ3v) is 5.75. The SMILES string of the molecule is C[C@H](NC(=O)c1cccs1)C(=O)Nc1nc2c(s1)CCCCC2. The minimum atomic E-state index is -0.603. The highest BCUT2D eigenvalue weighted by Gasteiger charge is 2.20. The van der Waals surface area contributed by atoms with Crippen LogP contribution in [0.25, 0.3) is 0 Å². The molecule has 1 aliphatic carbocycles. The lowest BCUT2D eigenvalue weighted by molar-refractivity contribution is -0.117. The number of hydrogen-bond acceptors (Lipinski definition) is 5. The maximum Gasteiger partial charge on any atom is 0.261 e. The smallest absolute Gasteiger partial charge is 0.261 e. The number of carbonyl (C=O) groups is 2. The molecule has 0 saturated heterocycles. The first-order valence-corrected chi connectivity index (χ1v) is 9.47. The predicted molar refractivity (Wildman–Crippen MR) is 93.2 cm³/mol. The molecule has 1 aliphatic rings. The van der Waals surface area contributed by atoms with Crippen LogP contribution in [0.3, 0.4) is 0 Å². The number of anilines is 1. The van der Waals surface area contributed by atoms with Crippen molar-refractivity contribution in [2.75, 3.05) is 5.32 Å². The largest absolute Gasteiger partial charge is 0.340 e. The van der Waals surface area contributed by atoms with E-state index in [9.17, 15) is 9.59 Å².